The number of sulfonamides is 1. The van der Waals surface area contributed by atoms with E-state index in [4.69, 9.17) is 4.42 Å². The zero-order valence-corrected chi connectivity index (χ0v) is 13.9. The fourth-order valence-electron chi connectivity index (χ4n) is 1.83. The Morgan fingerprint density at radius 3 is 2.25 bits per heavy atom. The molecule has 0 spiro atoms. The molecule has 0 radical (unpaired) electrons. The summed E-state index contributed by atoms with van der Waals surface area (Å²) in [5.74, 6) is -0.824. The van der Waals surface area contributed by atoms with Crippen molar-refractivity contribution in [3.63, 3.8) is 0 Å². The van der Waals surface area contributed by atoms with Gasteiger partial charge in [-0.05, 0) is 37.3 Å². The van der Waals surface area contributed by atoms with E-state index in [1.165, 1.54) is 30.7 Å². The van der Waals surface area contributed by atoms with E-state index in [0.717, 1.165) is 6.26 Å². The first-order chi connectivity index (χ1) is 11.2. The van der Waals surface area contributed by atoms with Crippen LogP contribution in [0.1, 0.15) is 17.3 Å². The molecule has 2 amide bonds. The molecule has 0 aliphatic carbocycles. The van der Waals surface area contributed by atoms with Crippen LogP contribution in [0, 0.1) is 0 Å². The fraction of sp³-hybridized carbons (Fsp3) is 0.200. The average Bonchev–Trinajstić information content (AvgIpc) is 3.02. The molecule has 2 aromatic rings. The predicted octanol–water partition coefficient (Wildman–Crippen LogP) is 1.41. The van der Waals surface area contributed by atoms with E-state index in [1.54, 1.807) is 19.1 Å². The lowest BCUT2D eigenvalue weighted by atomic mass is 10.2. The molecule has 0 aliphatic heterocycles. The van der Waals surface area contributed by atoms with E-state index in [1.807, 2.05) is 0 Å². The molecule has 9 heteroatoms. The maximum Gasteiger partial charge on any atom is 0.255 e. The maximum absolute atomic E-state index is 12.1. The molecule has 2 rings (SSSR count). The Hall–Kier alpha value is -2.81. The van der Waals surface area contributed by atoms with Gasteiger partial charge in [0.2, 0.25) is 15.9 Å². The zero-order valence-electron chi connectivity index (χ0n) is 13.1. The number of anilines is 2. The predicted molar refractivity (Wildman–Crippen MR) is 89.2 cm³/mol. The summed E-state index contributed by atoms with van der Waals surface area (Å²) in [5, 5.41) is 5.17. The number of hydrogen-bond acceptors (Lipinski definition) is 5. The Morgan fingerprint density at radius 1 is 1.08 bits per heavy atom. The molecule has 1 aromatic heterocycles. The molecular formula is C15H17N3O5S. The van der Waals surface area contributed by atoms with Gasteiger partial charge in [0.15, 0.2) is 0 Å². The van der Waals surface area contributed by atoms with Gasteiger partial charge in [-0.15, -0.1) is 0 Å². The summed E-state index contributed by atoms with van der Waals surface area (Å²) in [7, 11) is -3.35. The van der Waals surface area contributed by atoms with Gasteiger partial charge >= 0.3 is 0 Å². The van der Waals surface area contributed by atoms with Crippen LogP contribution in [0.5, 0.6) is 0 Å². The van der Waals surface area contributed by atoms with Crippen LogP contribution in [-0.2, 0) is 14.8 Å². The Morgan fingerprint density at radius 2 is 1.71 bits per heavy atom. The summed E-state index contributed by atoms with van der Waals surface area (Å²) in [6, 6.07) is 6.87. The van der Waals surface area contributed by atoms with Crippen LogP contribution in [0.25, 0.3) is 0 Å². The highest BCUT2D eigenvalue weighted by Gasteiger charge is 2.17. The smallest absolute Gasteiger partial charge is 0.255 e. The minimum absolute atomic E-state index is 0.325. The van der Waals surface area contributed by atoms with E-state index in [9.17, 15) is 18.0 Å². The first kappa shape index (κ1) is 17.5. The molecule has 3 N–H and O–H groups in total. The van der Waals surface area contributed by atoms with Gasteiger partial charge in [0.1, 0.15) is 12.3 Å². The minimum Gasteiger partial charge on any atom is -0.472 e. The standard InChI is InChI=1S/C15H17N3O5S/c1-10(16-15(20)11-7-8-23-9-11)14(19)17-12-3-5-13(6-4-12)18-24(2,21)22/h3-10,18H,1-2H3,(H,16,20)(H,17,19)/t10-/m0/s1. The first-order valence-corrected chi connectivity index (χ1v) is 8.85. The summed E-state index contributed by atoms with van der Waals surface area (Å²) >= 11 is 0. The van der Waals surface area contributed by atoms with Gasteiger partial charge in [-0.2, -0.15) is 0 Å². The Labute approximate surface area is 139 Å². The van der Waals surface area contributed by atoms with E-state index in [-0.39, 0.29) is 0 Å². The number of furan rings is 1. The fourth-order valence-corrected chi connectivity index (χ4v) is 2.39. The van der Waals surface area contributed by atoms with Crippen molar-refractivity contribution in [2.24, 2.45) is 0 Å². The van der Waals surface area contributed by atoms with E-state index in [0.29, 0.717) is 16.9 Å². The molecule has 24 heavy (non-hydrogen) atoms. The third-order valence-electron chi connectivity index (χ3n) is 2.98. The zero-order chi connectivity index (χ0) is 17.7. The van der Waals surface area contributed by atoms with E-state index >= 15 is 0 Å². The molecule has 0 bridgehead atoms. The van der Waals surface area contributed by atoms with Crippen LogP contribution in [0.2, 0.25) is 0 Å². The van der Waals surface area contributed by atoms with Crippen LogP contribution in [0.15, 0.2) is 47.3 Å². The molecule has 1 heterocycles. The van der Waals surface area contributed by atoms with Crippen molar-refractivity contribution < 1.29 is 22.4 Å². The molecule has 0 unspecified atom stereocenters. The van der Waals surface area contributed by atoms with Crippen molar-refractivity contribution in [2.45, 2.75) is 13.0 Å². The second-order valence-corrected chi connectivity index (χ2v) is 6.90. The SMILES string of the molecule is C[C@H](NC(=O)c1ccoc1)C(=O)Nc1ccc(NS(C)(=O)=O)cc1. The van der Waals surface area contributed by atoms with Crippen molar-refractivity contribution in [3.05, 3.63) is 48.4 Å². The molecule has 1 aromatic carbocycles. The number of carbonyl (C=O) groups excluding carboxylic acids is 2. The van der Waals surface area contributed by atoms with Crippen molar-refractivity contribution >= 4 is 33.2 Å². The van der Waals surface area contributed by atoms with Crippen LogP contribution >= 0.6 is 0 Å². The number of hydrogen-bond donors (Lipinski definition) is 3. The molecule has 0 saturated heterocycles. The molecule has 128 valence electrons. The highest BCUT2D eigenvalue weighted by molar-refractivity contribution is 7.92. The average molecular weight is 351 g/mol. The molecule has 1 atom stereocenters. The summed E-state index contributed by atoms with van der Waals surface area (Å²) in [4.78, 5) is 23.9. The van der Waals surface area contributed by atoms with Crippen LogP contribution < -0.4 is 15.4 Å². The maximum atomic E-state index is 12.1. The number of carbonyl (C=O) groups is 2. The Bertz CT molecular complexity index is 813. The lowest BCUT2D eigenvalue weighted by Crippen LogP contribution is -2.41. The summed E-state index contributed by atoms with van der Waals surface area (Å²) in [6.45, 7) is 1.55. The van der Waals surface area contributed by atoms with Gasteiger partial charge in [-0.3, -0.25) is 14.3 Å². The molecule has 0 aliphatic rings. The van der Waals surface area contributed by atoms with Crippen molar-refractivity contribution in [2.75, 3.05) is 16.3 Å². The van der Waals surface area contributed by atoms with Gasteiger partial charge < -0.3 is 15.1 Å². The quantitative estimate of drug-likeness (QED) is 0.727. The number of nitrogens with one attached hydrogen (secondary N) is 3. The van der Waals surface area contributed by atoms with Gasteiger partial charge in [0.25, 0.3) is 5.91 Å². The highest BCUT2D eigenvalue weighted by atomic mass is 32.2. The number of benzene rings is 1. The van der Waals surface area contributed by atoms with Crippen molar-refractivity contribution in [3.8, 4) is 0 Å². The van der Waals surface area contributed by atoms with E-state index < -0.39 is 27.9 Å². The van der Waals surface area contributed by atoms with Gasteiger partial charge in [0, 0.05) is 11.4 Å². The van der Waals surface area contributed by atoms with Crippen LogP contribution in [0.4, 0.5) is 11.4 Å². The lowest BCUT2D eigenvalue weighted by Gasteiger charge is -2.14. The summed E-state index contributed by atoms with van der Waals surface area (Å²) in [5.41, 5.74) is 1.19. The van der Waals surface area contributed by atoms with Crippen molar-refractivity contribution in [1.82, 2.24) is 5.32 Å². The molecular weight excluding hydrogens is 334 g/mol. The summed E-state index contributed by atoms with van der Waals surface area (Å²) in [6.07, 6.45) is 3.70. The molecule has 8 nitrogen and oxygen atoms in total. The second kappa shape index (κ2) is 7.18. The lowest BCUT2D eigenvalue weighted by molar-refractivity contribution is -0.117. The first-order valence-electron chi connectivity index (χ1n) is 6.96. The largest absolute Gasteiger partial charge is 0.472 e. The minimum atomic E-state index is -3.35. The van der Waals surface area contributed by atoms with Gasteiger partial charge in [-0.1, -0.05) is 0 Å². The third kappa shape index (κ3) is 5.13. The number of amides is 2. The molecule has 0 saturated carbocycles. The third-order valence-corrected chi connectivity index (χ3v) is 3.59. The van der Waals surface area contributed by atoms with Crippen LogP contribution in [0.3, 0.4) is 0 Å². The van der Waals surface area contributed by atoms with E-state index in [2.05, 4.69) is 15.4 Å². The topological polar surface area (TPSA) is 118 Å². The highest BCUT2D eigenvalue weighted by Crippen LogP contribution is 2.14. The summed E-state index contributed by atoms with van der Waals surface area (Å²) < 4.78 is 29.4. The Balaban J connectivity index is 1.92. The van der Waals surface area contributed by atoms with Gasteiger partial charge in [-0.25, -0.2) is 8.42 Å². The normalized spacial score (nSPS) is 12.2. The Kier molecular flexibility index (Phi) is 5.24. The van der Waals surface area contributed by atoms with Crippen LogP contribution in [-0.4, -0.2) is 32.5 Å². The second-order valence-electron chi connectivity index (χ2n) is 5.15. The number of rotatable bonds is 6. The molecule has 0 fully saturated rings. The van der Waals surface area contributed by atoms with Gasteiger partial charge in [0.05, 0.1) is 18.1 Å². The monoisotopic (exact) mass is 351 g/mol. The van der Waals surface area contributed by atoms with Crippen molar-refractivity contribution in [1.29, 1.82) is 0 Å².